The second-order valence-corrected chi connectivity index (χ2v) is 5.39. The summed E-state index contributed by atoms with van der Waals surface area (Å²) < 4.78 is 5.29. The van der Waals surface area contributed by atoms with Crippen molar-refractivity contribution < 1.29 is 9.21 Å². The van der Waals surface area contributed by atoms with Gasteiger partial charge < -0.3 is 9.32 Å². The SMILES string of the molecule is CC1Cc2ccccc2N1C(=O)c1ccc2ncoc2c1. The summed E-state index contributed by atoms with van der Waals surface area (Å²) in [5.41, 5.74) is 4.26. The van der Waals surface area contributed by atoms with Crippen molar-refractivity contribution in [3.05, 3.63) is 60.0 Å². The Kier molecular flexibility index (Phi) is 2.57. The molecule has 1 atom stereocenters. The highest BCUT2D eigenvalue weighted by atomic mass is 16.3. The lowest BCUT2D eigenvalue weighted by Crippen LogP contribution is -2.35. The first kappa shape index (κ1) is 12.1. The minimum atomic E-state index is 0.00532. The Labute approximate surface area is 122 Å². The van der Waals surface area contributed by atoms with E-state index in [1.807, 2.05) is 29.2 Å². The molecule has 0 N–H and O–H groups in total. The van der Waals surface area contributed by atoms with Gasteiger partial charge in [-0.2, -0.15) is 0 Å². The Morgan fingerprint density at radius 1 is 1.29 bits per heavy atom. The molecular formula is C17H14N2O2. The van der Waals surface area contributed by atoms with E-state index in [0.717, 1.165) is 17.6 Å². The van der Waals surface area contributed by atoms with E-state index in [4.69, 9.17) is 4.42 Å². The first-order chi connectivity index (χ1) is 10.2. The van der Waals surface area contributed by atoms with Crippen LogP contribution in [0.3, 0.4) is 0 Å². The van der Waals surface area contributed by atoms with E-state index in [9.17, 15) is 4.79 Å². The van der Waals surface area contributed by atoms with Crippen LogP contribution in [0.5, 0.6) is 0 Å². The molecule has 4 heteroatoms. The lowest BCUT2D eigenvalue weighted by atomic mass is 10.1. The van der Waals surface area contributed by atoms with Crippen LogP contribution in [-0.2, 0) is 6.42 Å². The number of fused-ring (bicyclic) bond motifs is 2. The minimum absolute atomic E-state index is 0.00532. The Morgan fingerprint density at radius 2 is 2.14 bits per heavy atom. The molecule has 0 spiro atoms. The van der Waals surface area contributed by atoms with E-state index < -0.39 is 0 Å². The van der Waals surface area contributed by atoms with Crippen LogP contribution in [0.15, 0.2) is 53.3 Å². The number of carbonyl (C=O) groups excluding carboxylic acids is 1. The third-order valence-corrected chi connectivity index (χ3v) is 4.00. The fourth-order valence-corrected chi connectivity index (χ4v) is 3.00. The molecule has 0 bridgehead atoms. The molecule has 4 nitrogen and oxygen atoms in total. The summed E-state index contributed by atoms with van der Waals surface area (Å²) in [4.78, 5) is 18.8. The molecule has 0 aliphatic carbocycles. The summed E-state index contributed by atoms with van der Waals surface area (Å²) in [6.45, 7) is 2.07. The Balaban J connectivity index is 1.77. The van der Waals surface area contributed by atoms with Crippen molar-refractivity contribution in [2.75, 3.05) is 4.90 Å². The number of rotatable bonds is 1. The first-order valence-corrected chi connectivity index (χ1v) is 6.99. The van der Waals surface area contributed by atoms with E-state index in [-0.39, 0.29) is 11.9 Å². The number of para-hydroxylation sites is 1. The quantitative estimate of drug-likeness (QED) is 0.685. The summed E-state index contributed by atoms with van der Waals surface area (Å²) in [6, 6.07) is 13.6. The van der Waals surface area contributed by atoms with Gasteiger partial charge in [-0.05, 0) is 43.2 Å². The van der Waals surface area contributed by atoms with E-state index >= 15 is 0 Å². The second-order valence-electron chi connectivity index (χ2n) is 5.39. The normalized spacial score (nSPS) is 17.2. The molecule has 3 aromatic rings. The predicted octanol–water partition coefficient (Wildman–Crippen LogP) is 3.42. The number of amides is 1. The molecule has 0 fully saturated rings. The van der Waals surface area contributed by atoms with Gasteiger partial charge in [-0.15, -0.1) is 0 Å². The van der Waals surface area contributed by atoms with Gasteiger partial charge in [-0.3, -0.25) is 4.79 Å². The lowest BCUT2D eigenvalue weighted by Gasteiger charge is -2.22. The van der Waals surface area contributed by atoms with Crippen molar-refractivity contribution in [1.29, 1.82) is 0 Å². The van der Waals surface area contributed by atoms with Crippen LogP contribution in [-0.4, -0.2) is 16.9 Å². The van der Waals surface area contributed by atoms with Gasteiger partial charge in [-0.1, -0.05) is 18.2 Å². The number of anilines is 1. The van der Waals surface area contributed by atoms with Crippen LogP contribution in [0.2, 0.25) is 0 Å². The molecule has 2 aromatic carbocycles. The van der Waals surface area contributed by atoms with E-state index in [2.05, 4.69) is 18.0 Å². The molecule has 1 unspecified atom stereocenters. The third-order valence-electron chi connectivity index (χ3n) is 4.00. The summed E-state index contributed by atoms with van der Waals surface area (Å²) in [5.74, 6) is 0.00532. The predicted molar refractivity (Wildman–Crippen MR) is 80.4 cm³/mol. The maximum absolute atomic E-state index is 12.8. The molecule has 2 heterocycles. The highest BCUT2D eigenvalue weighted by molar-refractivity contribution is 6.08. The molecule has 1 aliphatic heterocycles. The van der Waals surface area contributed by atoms with Crippen molar-refractivity contribution in [2.45, 2.75) is 19.4 Å². The van der Waals surface area contributed by atoms with Gasteiger partial charge in [-0.25, -0.2) is 4.98 Å². The molecule has 104 valence electrons. The van der Waals surface area contributed by atoms with Gasteiger partial charge >= 0.3 is 0 Å². The zero-order valence-corrected chi connectivity index (χ0v) is 11.6. The number of aromatic nitrogens is 1. The average Bonchev–Trinajstić information content (AvgIpc) is 3.08. The molecule has 1 amide bonds. The van der Waals surface area contributed by atoms with E-state index in [1.54, 1.807) is 12.1 Å². The van der Waals surface area contributed by atoms with Crippen LogP contribution in [0.4, 0.5) is 5.69 Å². The fraction of sp³-hybridized carbons (Fsp3) is 0.176. The summed E-state index contributed by atoms with van der Waals surface area (Å²) >= 11 is 0. The van der Waals surface area contributed by atoms with Gasteiger partial charge in [0.2, 0.25) is 0 Å². The monoisotopic (exact) mass is 278 g/mol. The van der Waals surface area contributed by atoms with Gasteiger partial charge in [0.25, 0.3) is 5.91 Å². The Hall–Kier alpha value is -2.62. The fourth-order valence-electron chi connectivity index (χ4n) is 3.00. The average molecular weight is 278 g/mol. The summed E-state index contributed by atoms with van der Waals surface area (Å²) in [7, 11) is 0. The topological polar surface area (TPSA) is 46.3 Å². The molecule has 0 saturated heterocycles. The molecule has 0 saturated carbocycles. The second kappa shape index (κ2) is 4.45. The molecule has 21 heavy (non-hydrogen) atoms. The van der Waals surface area contributed by atoms with Gasteiger partial charge in [0.05, 0.1) is 0 Å². The highest BCUT2D eigenvalue weighted by Crippen LogP contribution is 2.33. The number of benzene rings is 2. The van der Waals surface area contributed by atoms with Crippen molar-refractivity contribution in [3.8, 4) is 0 Å². The van der Waals surface area contributed by atoms with Crippen molar-refractivity contribution >= 4 is 22.7 Å². The molecular weight excluding hydrogens is 264 g/mol. The Morgan fingerprint density at radius 3 is 3.05 bits per heavy atom. The number of hydrogen-bond acceptors (Lipinski definition) is 3. The summed E-state index contributed by atoms with van der Waals surface area (Å²) in [6.07, 6.45) is 2.29. The molecule has 1 aromatic heterocycles. The standard InChI is InChI=1S/C17H14N2O2/c1-11-8-12-4-2-3-5-15(12)19(11)17(20)13-6-7-14-16(9-13)21-10-18-14/h2-7,9-11H,8H2,1H3. The summed E-state index contributed by atoms with van der Waals surface area (Å²) in [5, 5.41) is 0. The maximum Gasteiger partial charge on any atom is 0.258 e. The van der Waals surface area contributed by atoms with E-state index in [1.165, 1.54) is 12.0 Å². The molecule has 0 radical (unpaired) electrons. The van der Waals surface area contributed by atoms with E-state index in [0.29, 0.717) is 11.1 Å². The number of carbonyl (C=O) groups is 1. The smallest absolute Gasteiger partial charge is 0.258 e. The van der Waals surface area contributed by atoms with Gasteiger partial charge in [0.15, 0.2) is 12.0 Å². The van der Waals surface area contributed by atoms with Gasteiger partial charge in [0.1, 0.15) is 5.52 Å². The minimum Gasteiger partial charge on any atom is -0.443 e. The largest absolute Gasteiger partial charge is 0.443 e. The first-order valence-electron chi connectivity index (χ1n) is 6.99. The van der Waals surface area contributed by atoms with Crippen LogP contribution >= 0.6 is 0 Å². The van der Waals surface area contributed by atoms with Crippen LogP contribution in [0.25, 0.3) is 11.1 Å². The molecule has 1 aliphatic rings. The Bertz CT molecular complexity index is 837. The molecule has 4 rings (SSSR count). The number of oxazole rings is 1. The zero-order valence-electron chi connectivity index (χ0n) is 11.6. The van der Waals surface area contributed by atoms with Crippen molar-refractivity contribution in [1.82, 2.24) is 4.98 Å². The van der Waals surface area contributed by atoms with Crippen LogP contribution < -0.4 is 4.90 Å². The van der Waals surface area contributed by atoms with Crippen molar-refractivity contribution in [3.63, 3.8) is 0 Å². The van der Waals surface area contributed by atoms with Crippen molar-refractivity contribution in [2.24, 2.45) is 0 Å². The highest BCUT2D eigenvalue weighted by Gasteiger charge is 2.31. The van der Waals surface area contributed by atoms with Crippen LogP contribution in [0, 0.1) is 0 Å². The van der Waals surface area contributed by atoms with Gasteiger partial charge in [0, 0.05) is 17.3 Å². The third kappa shape index (κ3) is 1.83. The van der Waals surface area contributed by atoms with Crippen LogP contribution in [0.1, 0.15) is 22.8 Å². The maximum atomic E-state index is 12.8. The lowest BCUT2D eigenvalue weighted by molar-refractivity contribution is 0.0981. The number of nitrogens with zero attached hydrogens (tertiary/aromatic N) is 2. The number of hydrogen-bond donors (Lipinski definition) is 0. The zero-order chi connectivity index (χ0) is 14.4.